The molecule has 1 aromatic heterocycles. The second-order valence-electron chi connectivity index (χ2n) is 5.66. The molecule has 0 saturated carbocycles. The van der Waals surface area contributed by atoms with Gasteiger partial charge in [0.15, 0.2) is 5.69 Å². The maximum Gasteiger partial charge on any atom is 0.408 e. The van der Waals surface area contributed by atoms with E-state index in [-0.39, 0.29) is 24.5 Å². The first kappa shape index (κ1) is 14.7. The molecule has 0 saturated heterocycles. The third-order valence-corrected chi connectivity index (χ3v) is 2.79. The number of carbonyl (C=O) groups excluding carboxylic acids is 1. The molecule has 20 heavy (non-hydrogen) atoms. The average molecular weight is 291 g/mol. The highest BCUT2D eigenvalue weighted by Gasteiger charge is 2.42. The highest BCUT2D eigenvalue weighted by molar-refractivity contribution is 5.93. The van der Waals surface area contributed by atoms with Gasteiger partial charge in [0.1, 0.15) is 17.5 Å². The number of ether oxygens (including phenoxy) is 1. The average Bonchev–Trinajstić information content (AvgIpc) is 2.67. The third kappa shape index (κ3) is 3.05. The number of carbonyl (C=O) groups is 1. The summed E-state index contributed by atoms with van der Waals surface area (Å²) in [4.78, 5) is 15.8. The number of hydrogen-bond donors (Lipinski definition) is 1. The molecule has 8 heteroatoms. The molecule has 0 fully saturated rings. The van der Waals surface area contributed by atoms with E-state index in [4.69, 9.17) is 4.74 Å². The second-order valence-corrected chi connectivity index (χ2v) is 5.66. The smallest absolute Gasteiger partial charge is 0.408 e. The number of imidazole rings is 1. The van der Waals surface area contributed by atoms with Crippen molar-refractivity contribution in [3.8, 4) is 0 Å². The van der Waals surface area contributed by atoms with Gasteiger partial charge in [-0.3, -0.25) is 0 Å². The van der Waals surface area contributed by atoms with Crippen LogP contribution in [0.15, 0.2) is 6.33 Å². The molecule has 112 valence electrons. The van der Waals surface area contributed by atoms with Crippen LogP contribution in [0.4, 0.5) is 19.0 Å². The Labute approximate surface area is 114 Å². The molecule has 0 spiro atoms. The molecule has 0 aliphatic carbocycles. The summed E-state index contributed by atoms with van der Waals surface area (Å²) in [6.07, 6.45) is -3.12. The van der Waals surface area contributed by atoms with Crippen LogP contribution in [0, 0.1) is 0 Å². The number of halogens is 3. The van der Waals surface area contributed by atoms with Gasteiger partial charge in [-0.2, -0.15) is 13.2 Å². The Hall–Kier alpha value is -1.73. The number of anilines is 1. The Kier molecular flexibility index (Phi) is 3.43. The van der Waals surface area contributed by atoms with Crippen molar-refractivity contribution in [1.29, 1.82) is 0 Å². The van der Waals surface area contributed by atoms with Crippen LogP contribution in [0.1, 0.15) is 37.7 Å². The standard InChI is InChI=1S/C12H16F3N3O2/c1-11(2,3)20-10(19)8-9-17-7(12(13,14)15)4-5-18(9)6-16-8/h6-7,17H,4-5H2,1-3H3. The summed E-state index contributed by atoms with van der Waals surface area (Å²) in [7, 11) is 0. The zero-order valence-corrected chi connectivity index (χ0v) is 11.4. The lowest BCUT2D eigenvalue weighted by Crippen LogP contribution is -2.41. The van der Waals surface area contributed by atoms with Gasteiger partial charge in [0.05, 0.1) is 6.33 Å². The van der Waals surface area contributed by atoms with Crippen LogP contribution >= 0.6 is 0 Å². The van der Waals surface area contributed by atoms with Crippen molar-refractivity contribution >= 4 is 11.8 Å². The van der Waals surface area contributed by atoms with Crippen LogP contribution in [0.2, 0.25) is 0 Å². The number of alkyl halides is 3. The van der Waals surface area contributed by atoms with Gasteiger partial charge in [-0.25, -0.2) is 9.78 Å². The van der Waals surface area contributed by atoms with E-state index in [1.807, 2.05) is 0 Å². The molecule has 1 atom stereocenters. The maximum absolute atomic E-state index is 12.7. The molecule has 1 N–H and O–H groups in total. The summed E-state index contributed by atoms with van der Waals surface area (Å²) in [6.45, 7) is 5.19. The number of aryl methyl sites for hydroxylation is 1. The van der Waals surface area contributed by atoms with Crippen LogP contribution in [0.25, 0.3) is 0 Å². The molecule has 1 aliphatic rings. The van der Waals surface area contributed by atoms with Crippen molar-refractivity contribution in [1.82, 2.24) is 9.55 Å². The topological polar surface area (TPSA) is 56.1 Å². The molecule has 1 unspecified atom stereocenters. The summed E-state index contributed by atoms with van der Waals surface area (Å²) < 4.78 is 44.8. The Morgan fingerprint density at radius 1 is 1.45 bits per heavy atom. The number of hydrogen-bond acceptors (Lipinski definition) is 4. The molecule has 5 nitrogen and oxygen atoms in total. The number of nitrogens with one attached hydrogen (secondary N) is 1. The van der Waals surface area contributed by atoms with Crippen LogP contribution < -0.4 is 5.32 Å². The van der Waals surface area contributed by atoms with Gasteiger partial charge >= 0.3 is 12.1 Å². The van der Waals surface area contributed by atoms with Crippen LogP contribution in [-0.2, 0) is 11.3 Å². The summed E-state index contributed by atoms with van der Waals surface area (Å²) in [5.74, 6) is -0.672. The Morgan fingerprint density at radius 3 is 2.65 bits per heavy atom. The van der Waals surface area contributed by atoms with Crippen LogP contribution in [0.5, 0.6) is 0 Å². The van der Waals surface area contributed by atoms with Crippen molar-refractivity contribution < 1.29 is 22.7 Å². The Bertz CT molecular complexity index is 517. The largest absolute Gasteiger partial charge is 0.455 e. The van der Waals surface area contributed by atoms with E-state index < -0.39 is 23.8 Å². The molecular formula is C12H16F3N3O2. The molecular weight excluding hydrogens is 275 g/mol. The van der Waals surface area contributed by atoms with E-state index in [0.717, 1.165) is 0 Å². The quantitative estimate of drug-likeness (QED) is 0.808. The first-order valence-electron chi connectivity index (χ1n) is 6.19. The summed E-state index contributed by atoms with van der Waals surface area (Å²) in [5.41, 5.74) is -0.847. The van der Waals surface area contributed by atoms with Crippen molar-refractivity contribution in [2.75, 3.05) is 5.32 Å². The number of rotatable bonds is 1. The van der Waals surface area contributed by atoms with Crippen molar-refractivity contribution in [2.45, 2.75) is 51.6 Å². The fraction of sp³-hybridized carbons (Fsp3) is 0.667. The van der Waals surface area contributed by atoms with E-state index >= 15 is 0 Å². The minimum atomic E-state index is -4.36. The number of fused-ring (bicyclic) bond motifs is 1. The van der Waals surface area contributed by atoms with Crippen molar-refractivity contribution in [2.24, 2.45) is 0 Å². The lowest BCUT2D eigenvalue weighted by molar-refractivity contribution is -0.145. The van der Waals surface area contributed by atoms with Gasteiger partial charge in [-0.1, -0.05) is 0 Å². The van der Waals surface area contributed by atoms with Crippen LogP contribution in [0.3, 0.4) is 0 Å². The first-order valence-corrected chi connectivity index (χ1v) is 6.19. The SMILES string of the molecule is CC(C)(C)OC(=O)c1ncn2c1NC(C(F)(F)F)CC2. The normalized spacial score (nSPS) is 19.2. The first-order chi connectivity index (χ1) is 9.08. The molecule has 0 aromatic carbocycles. The zero-order valence-electron chi connectivity index (χ0n) is 11.4. The van der Waals surface area contributed by atoms with E-state index in [9.17, 15) is 18.0 Å². The van der Waals surface area contributed by atoms with Crippen LogP contribution in [-0.4, -0.2) is 33.3 Å². The number of aromatic nitrogens is 2. The minimum absolute atomic E-state index is 0.0628. The number of nitrogens with zero attached hydrogens (tertiary/aromatic N) is 2. The number of esters is 1. The van der Waals surface area contributed by atoms with Crippen molar-refractivity contribution in [3.63, 3.8) is 0 Å². The maximum atomic E-state index is 12.7. The summed E-state index contributed by atoms with van der Waals surface area (Å²) in [6, 6.07) is -1.67. The van der Waals surface area contributed by atoms with Gasteiger partial charge in [-0.15, -0.1) is 0 Å². The predicted octanol–water partition coefficient (Wildman–Crippen LogP) is 2.58. The summed E-state index contributed by atoms with van der Waals surface area (Å²) >= 11 is 0. The minimum Gasteiger partial charge on any atom is -0.455 e. The predicted molar refractivity (Wildman–Crippen MR) is 65.5 cm³/mol. The van der Waals surface area contributed by atoms with E-state index in [2.05, 4.69) is 10.3 Å². The van der Waals surface area contributed by atoms with Gasteiger partial charge in [-0.05, 0) is 27.2 Å². The molecule has 1 aliphatic heterocycles. The fourth-order valence-electron chi connectivity index (χ4n) is 1.93. The fourth-order valence-corrected chi connectivity index (χ4v) is 1.93. The molecule has 2 rings (SSSR count). The van der Waals surface area contributed by atoms with Gasteiger partial charge in [0.2, 0.25) is 0 Å². The Balaban J connectivity index is 2.23. The van der Waals surface area contributed by atoms with Gasteiger partial charge in [0, 0.05) is 6.54 Å². The highest BCUT2D eigenvalue weighted by Crippen LogP contribution is 2.31. The zero-order chi connectivity index (χ0) is 15.1. The molecule has 2 heterocycles. The molecule has 0 amide bonds. The summed E-state index contributed by atoms with van der Waals surface area (Å²) in [5, 5.41) is 2.33. The van der Waals surface area contributed by atoms with E-state index in [1.165, 1.54) is 10.9 Å². The highest BCUT2D eigenvalue weighted by atomic mass is 19.4. The molecule has 0 radical (unpaired) electrons. The molecule has 0 bridgehead atoms. The van der Waals surface area contributed by atoms with Crippen molar-refractivity contribution in [3.05, 3.63) is 12.0 Å². The lowest BCUT2D eigenvalue weighted by Gasteiger charge is -2.28. The lowest BCUT2D eigenvalue weighted by atomic mass is 10.1. The molecule has 1 aromatic rings. The van der Waals surface area contributed by atoms with Gasteiger partial charge < -0.3 is 14.6 Å². The third-order valence-electron chi connectivity index (χ3n) is 2.79. The second kappa shape index (κ2) is 4.68. The monoisotopic (exact) mass is 291 g/mol. The van der Waals surface area contributed by atoms with Gasteiger partial charge in [0.25, 0.3) is 0 Å². The van der Waals surface area contributed by atoms with E-state index in [1.54, 1.807) is 20.8 Å². The van der Waals surface area contributed by atoms with E-state index in [0.29, 0.717) is 0 Å². The Morgan fingerprint density at radius 2 is 2.10 bits per heavy atom.